The minimum Gasteiger partial charge on any atom is -0.455 e. The summed E-state index contributed by atoms with van der Waals surface area (Å²) in [4.78, 5) is 2.38. The van der Waals surface area contributed by atoms with E-state index in [1.54, 1.807) is 0 Å². The molecule has 11 aromatic rings. The van der Waals surface area contributed by atoms with Crippen molar-refractivity contribution >= 4 is 60.5 Å². The van der Waals surface area contributed by atoms with E-state index in [0.717, 1.165) is 60.9 Å². The summed E-state index contributed by atoms with van der Waals surface area (Å²) in [6.07, 6.45) is 0. The second kappa shape index (κ2) is 14.1. The Balaban J connectivity index is 1.03. The highest BCUT2D eigenvalue weighted by atomic mass is 16.3. The van der Waals surface area contributed by atoms with Crippen LogP contribution in [0.2, 0.25) is 0 Å². The molecule has 0 bridgehead atoms. The molecule has 58 heavy (non-hydrogen) atoms. The third-order valence-corrected chi connectivity index (χ3v) is 11.5. The molecule has 0 saturated heterocycles. The highest BCUT2D eigenvalue weighted by Gasteiger charge is 2.19. The number of hydrogen-bond donors (Lipinski definition) is 0. The molecule has 0 aliphatic carbocycles. The lowest BCUT2D eigenvalue weighted by atomic mass is 9.95. The van der Waals surface area contributed by atoms with Crippen molar-refractivity contribution in [1.29, 1.82) is 0 Å². The maximum Gasteiger partial charge on any atom is 0.143 e. The molecule has 2 nitrogen and oxygen atoms in total. The summed E-state index contributed by atoms with van der Waals surface area (Å²) >= 11 is 0. The minimum absolute atomic E-state index is 0.907. The van der Waals surface area contributed by atoms with Crippen molar-refractivity contribution in [1.82, 2.24) is 0 Å². The molecule has 0 N–H and O–H groups in total. The Morgan fingerprint density at radius 2 is 0.828 bits per heavy atom. The fourth-order valence-corrected chi connectivity index (χ4v) is 8.59. The molecule has 0 unspecified atom stereocenters. The predicted molar refractivity (Wildman–Crippen MR) is 245 cm³/mol. The average Bonchev–Trinajstić information content (AvgIpc) is 3.69. The van der Waals surface area contributed by atoms with Crippen LogP contribution in [0.3, 0.4) is 0 Å². The van der Waals surface area contributed by atoms with Gasteiger partial charge in [0.25, 0.3) is 0 Å². The summed E-state index contributed by atoms with van der Waals surface area (Å²) in [6.45, 7) is 0. The first-order chi connectivity index (χ1) is 28.7. The van der Waals surface area contributed by atoms with Gasteiger partial charge in [0, 0.05) is 33.1 Å². The van der Waals surface area contributed by atoms with E-state index in [2.05, 4.69) is 217 Å². The Labute approximate surface area is 337 Å². The number of furan rings is 1. The van der Waals surface area contributed by atoms with Gasteiger partial charge < -0.3 is 9.32 Å². The summed E-state index contributed by atoms with van der Waals surface area (Å²) in [5.74, 6) is 0. The number of para-hydroxylation sites is 2. The fraction of sp³-hybridized carbons (Fsp3) is 0. The monoisotopic (exact) mass is 739 g/mol. The quantitative estimate of drug-likeness (QED) is 0.162. The molecule has 0 atom stereocenters. The molecule has 0 aliphatic rings. The second-order valence-corrected chi connectivity index (χ2v) is 14.9. The highest BCUT2D eigenvalue weighted by Crippen LogP contribution is 2.44. The lowest BCUT2D eigenvalue weighted by Crippen LogP contribution is -2.11. The van der Waals surface area contributed by atoms with Crippen molar-refractivity contribution in [3.05, 3.63) is 224 Å². The van der Waals surface area contributed by atoms with Gasteiger partial charge in [0.2, 0.25) is 0 Å². The van der Waals surface area contributed by atoms with Crippen LogP contribution in [-0.4, -0.2) is 0 Å². The topological polar surface area (TPSA) is 16.4 Å². The van der Waals surface area contributed by atoms with E-state index in [9.17, 15) is 0 Å². The number of rotatable bonds is 7. The number of anilines is 3. The predicted octanol–water partition coefficient (Wildman–Crippen LogP) is 16.0. The molecule has 1 aromatic heterocycles. The molecule has 0 radical (unpaired) electrons. The molecule has 10 aromatic carbocycles. The van der Waals surface area contributed by atoms with Crippen molar-refractivity contribution in [2.75, 3.05) is 4.90 Å². The van der Waals surface area contributed by atoms with E-state index in [-0.39, 0.29) is 0 Å². The van der Waals surface area contributed by atoms with Crippen LogP contribution in [0.15, 0.2) is 229 Å². The SMILES string of the molecule is c1ccc(-c2ccc(N(c3ccc(-c4cccc(-c5cccc6ccccc56)c4)cc3)c3ccccc3-c3ccc4ccc5c6ccccc6oc5c4c3)cc2)cc1. The number of hydrogen-bond acceptors (Lipinski definition) is 2. The second-order valence-electron chi connectivity index (χ2n) is 14.9. The Morgan fingerprint density at radius 3 is 1.66 bits per heavy atom. The lowest BCUT2D eigenvalue weighted by molar-refractivity contribution is 0.672. The first kappa shape index (κ1) is 33.6. The first-order valence-corrected chi connectivity index (χ1v) is 19.8. The molecule has 0 fully saturated rings. The van der Waals surface area contributed by atoms with E-state index >= 15 is 0 Å². The molecule has 0 spiro atoms. The molecule has 272 valence electrons. The van der Waals surface area contributed by atoms with Crippen molar-refractivity contribution in [2.45, 2.75) is 0 Å². The smallest absolute Gasteiger partial charge is 0.143 e. The zero-order valence-corrected chi connectivity index (χ0v) is 31.7. The van der Waals surface area contributed by atoms with E-state index in [1.807, 2.05) is 12.1 Å². The molecule has 0 amide bonds. The van der Waals surface area contributed by atoms with Gasteiger partial charge in [0.1, 0.15) is 11.2 Å². The maximum absolute atomic E-state index is 6.51. The maximum atomic E-state index is 6.51. The highest BCUT2D eigenvalue weighted by molar-refractivity contribution is 6.15. The number of nitrogens with zero attached hydrogens (tertiary/aromatic N) is 1. The largest absolute Gasteiger partial charge is 0.455 e. The van der Waals surface area contributed by atoms with Gasteiger partial charge in [0.15, 0.2) is 0 Å². The van der Waals surface area contributed by atoms with E-state index in [0.29, 0.717) is 0 Å². The number of benzene rings is 10. The van der Waals surface area contributed by atoms with Crippen LogP contribution >= 0.6 is 0 Å². The molecule has 0 saturated carbocycles. The van der Waals surface area contributed by atoms with E-state index in [1.165, 1.54) is 44.2 Å². The van der Waals surface area contributed by atoms with Crippen LogP contribution in [-0.2, 0) is 0 Å². The average molecular weight is 740 g/mol. The third-order valence-electron chi connectivity index (χ3n) is 11.5. The molecule has 11 rings (SSSR count). The summed E-state index contributed by atoms with van der Waals surface area (Å²) in [7, 11) is 0. The third kappa shape index (κ3) is 5.91. The van der Waals surface area contributed by atoms with Crippen LogP contribution in [0.5, 0.6) is 0 Å². The summed E-state index contributed by atoms with van der Waals surface area (Å²) in [6, 6.07) is 80.7. The summed E-state index contributed by atoms with van der Waals surface area (Å²) < 4.78 is 6.51. The number of fused-ring (bicyclic) bond motifs is 6. The van der Waals surface area contributed by atoms with Gasteiger partial charge in [-0.3, -0.25) is 0 Å². The van der Waals surface area contributed by atoms with Crippen LogP contribution < -0.4 is 4.90 Å². The summed E-state index contributed by atoms with van der Waals surface area (Å²) in [5.41, 5.74) is 14.5. The van der Waals surface area contributed by atoms with Crippen LogP contribution in [0.1, 0.15) is 0 Å². The van der Waals surface area contributed by atoms with Gasteiger partial charge in [-0.1, -0.05) is 170 Å². The van der Waals surface area contributed by atoms with Gasteiger partial charge in [-0.15, -0.1) is 0 Å². The fourth-order valence-electron chi connectivity index (χ4n) is 8.59. The van der Waals surface area contributed by atoms with E-state index < -0.39 is 0 Å². The lowest BCUT2D eigenvalue weighted by Gasteiger charge is -2.28. The van der Waals surface area contributed by atoms with Crippen LogP contribution in [0.25, 0.3) is 88.0 Å². The Kier molecular flexibility index (Phi) is 8.19. The van der Waals surface area contributed by atoms with Crippen molar-refractivity contribution in [3.8, 4) is 44.5 Å². The molecule has 1 heterocycles. The normalized spacial score (nSPS) is 11.4. The van der Waals surface area contributed by atoms with Crippen molar-refractivity contribution in [3.63, 3.8) is 0 Å². The Morgan fingerprint density at radius 1 is 0.293 bits per heavy atom. The van der Waals surface area contributed by atoms with Gasteiger partial charge in [-0.05, 0) is 110 Å². The van der Waals surface area contributed by atoms with Gasteiger partial charge in [-0.25, -0.2) is 0 Å². The minimum atomic E-state index is 0.907. The van der Waals surface area contributed by atoms with Crippen molar-refractivity contribution < 1.29 is 4.42 Å². The molecular weight excluding hydrogens is 703 g/mol. The van der Waals surface area contributed by atoms with Crippen molar-refractivity contribution in [2.24, 2.45) is 0 Å². The zero-order valence-electron chi connectivity index (χ0n) is 31.7. The van der Waals surface area contributed by atoms with Crippen LogP contribution in [0, 0.1) is 0 Å². The zero-order chi connectivity index (χ0) is 38.4. The standard InChI is InChI=1S/C56H37NO/c1-2-12-38(13-3-1)39-26-31-46(32-27-39)57(47-33-28-40(29-34-47)43-16-10-17-44(36-43)49-21-11-15-41-14-4-5-18-48(41)49)54-22-8-6-19-50(54)45-25-24-42-30-35-52-51-20-7-9-23-55(51)58-56(52)53(42)37-45/h1-37H. The van der Waals surface area contributed by atoms with Gasteiger partial charge in [0.05, 0.1) is 5.69 Å². The van der Waals surface area contributed by atoms with Gasteiger partial charge >= 0.3 is 0 Å². The first-order valence-electron chi connectivity index (χ1n) is 19.8. The molecule has 2 heteroatoms. The molecule has 0 aliphatic heterocycles. The molecular formula is C56H37NO. The van der Waals surface area contributed by atoms with Gasteiger partial charge in [-0.2, -0.15) is 0 Å². The van der Waals surface area contributed by atoms with Crippen LogP contribution in [0.4, 0.5) is 17.1 Å². The van der Waals surface area contributed by atoms with E-state index in [4.69, 9.17) is 4.42 Å². The Bertz CT molecular complexity index is 3260. The summed E-state index contributed by atoms with van der Waals surface area (Å²) in [5, 5.41) is 7.04. The Hall–Kier alpha value is -7.68.